The molecule has 0 saturated heterocycles. The van der Waals surface area contributed by atoms with E-state index in [1.165, 1.54) is 0 Å². The minimum absolute atomic E-state index is 0. The van der Waals surface area contributed by atoms with Crippen molar-refractivity contribution >= 4 is 94.9 Å². The third-order valence-electron chi connectivity index (χ3n) is 0. The predicted octanol–water partition coefficient (Wildman–Crippen LogP) is -15.0. The molecule has 0 amide bonds. The van der Waals surface area contributed by atoms with Crippen LogP contribution in [0.2, 0.25) is 0 Å². The Morgan fingerprint density at radius 1 is 0.259 bits per heavy atom. The zero-order valence-electron chi connectivity index (χ0n) is 11.1. The van der Waals surface area contributed by atoms with Crippen LogP contribution >= 0.6 is 0 Å². The molecule has 0 bridgehead atoms. The summed E-state index contributed by atoms with van der Waals surface area (Å²) in [7, 11) is 0. The second kappa shape index (κ2) is 20.6. The van der Waals surface area contributed by atoms with Crippen LogP contribution in [0.3, 0.4) is 0 Å². The molecule has 0 fully saturated rings. The van der Waals surface area contributed by atoms with E-state index in [0.717, 1.165) is 0 Å². The molecule has 0 aliphatic rings. The molecule has 170 valence electrons. The quantitative estimate of drug-likeness (QED) is 0.203. The van der Waals surface area contributed by atoms with Gasteiger partial charge in [0.05, 0.1) is 0 Å². The molecule has 27 heteroatoms. The minimum Gasteiger partial charge on any atom is 0 e. The summed E-state index contributed by atoms with van der Waals surface area (Å²) in [6.45, 7) is 0. The molecule has 0 unspecified atom stereocenters. The molecule has 0 saturated carbocycles. The van der Waals surface area contributed by atoms with Crippen molar-refractivity contribution in [1.82, 2.24) is 0 Å². The first-order chi connectivity index (χ1) is 10.0. The van der Waals surface area contributed by atoms with E-state index in [1.54, 1.807) is 0 Å². The molecule has 0 spiro atoms. The van der Waals surface area contributed by atoms with E-state index in [-0.39, 0.29) is 37.1 Å². The van der Waals surface area contributed by atoms with E-state index in [2.05, 4.69) is 0 Å². The summed E-state index contributed by atoms with van der Waals surface area (Å²) in [5, 5.41) is 0. The summed E-state index contributed by atoms with van der Waals surface area (Å²) in [5.74, 6) is 0. The summed E-state index contributed by atoms with van der Waals surface area (Å²) in [4.78, 5) is 0. The van der Waals surface area contributed by atoms with Crippen LogP contribution in [-0.4, -0.2) is 94.9 Å². The molecule has 0 aliphatic heterocycles. The van der Waals surface area contributed by atoms with E-state index in [4.69, 9.17) is 65.8 Å². The number of rotatable bonds is 0. The standard InChI is InChI=1S/5H2O4Te.2V/c5*1-5(2,3)4;;/h5*(H2,1,2,3,4);;/p-10. The maximum Gasteiger partial charge on any atom is 0 e. The first-order valence-electron chi connectivity index (χ1n) is 3.33. The smallest absolute Gasteiger partial charge is 0 e. The third-order valence-corrected chi connectivity index (χ3v) is 0. The Bertz CT molecular complexity index is 619. The van der Waals surface area contributed by atoms with Crippen LogP contribution in [0.25, 0.3) is 0 Å². The van der Waals surface area contributed by atoms with E-state index in [1.807, 2.05) is 0 Å². The van der Waals surface area contributed by atoms with Crippen LogP contribution < -0.4 is 34.7 Å². The first kappa shape index (κ1) is 47.5. The summed E-state index contributed by atoms with van der Waals surface area (Å²) in [6, 6.07) is 0. The van der Waals surface area contributed by atoms with Crippen LogP contribution in [0.15, 0.2) is 0 Å². The van der Waals surface area contributed by atoms with Gasteiger partial charge in [-0.3, -0.25) is 0 Å². The van der Waals surface area contributed by atoms with Crippen LogP contribution in [-0.2, 0) is 68.2 Å². The fourth-order valence-electron chi connectivity index (χ4n) is 0. The van der Waals surface area contributed by atoms with Gasteiger partial charge in [0.25, 0.3) is 0 Å². The molecular weight excluding hydrogens is 1060 g/mol. The van der Waals surface area contributed by atoms with Crippen LogP contribution in [0, 0.1) is 0 Å². The molecule has 27 heavy (non-hydrogen) atoms. The van der Waals surface area contributed by atoms with Crippen LogP contribution in [0.5, 0.6) is 0 Å². The SMILES string of the molecule is O=[Te](=O)([O-])[O-].O=[Te](=O)([O-])[O-].O=[Te](=O)([O-])[O-].O=[Te](=O)([O-])[O-].O=[Te](=O)([O-])[O-].[V].[V]. The maximum absolute atomic E-state index is 8.63. The molecule has 0 aliphatic carbocycles. The summed E-state index contributed by atoms with van der Waals surface area (Å²) in [6.07, 6.45) is 0. The van der Waals surface area contributed by atoms with Gasteiger partial charge in [-0.1, -0.05) is 0 Å². The van der Waals surface area contributed by atoms with Gasteiger partial charge in [-0.2, -0.15) is 0 Å². The van der Waals surface area contributed by atoms with Crippen molar-refractivity contribution in [2.75, 3.05) is 0 Å². The molecule has 20 nitrogen and oxygen atoms in total. The molecule has 0 aromatic carbocycles. The van der Waals surface area contributed by atoms with Crippen molar-refractivity contribution < 1.29 is 103 Å². The normalized spacial score (nSPS) is 10.7. The topological polar surface area (TPSA) is 401 Å². The van der Waals surface area contributed by atoms with E-state index in [9.17, 15) is 0 Å². The fourth-order valence-corrected chi connectivity index (χ4v) is 0. The van der Waals surface area contributed by atoms with Crippen molar-refractivity contribution in [1.29, 1.82) is 0 Å². The predicted molar refractivity (Wildman–Crippen MR) is 35.6 cm³/mol. The van der Waals surface area contributed by atoms with Crippen molar-refractivity contribution in [3.8, 4) is 0 Å². The Balaban J connectivity index is -0.0000000364. The first-order valence-corrected chi connectivity index (χ1v) is 22.4. The van der Waals surface area contributed by atoms with Crippen molar-refractivity contribution in [2.45, 2.75) is 0 Å². The van der Waals surface area contributed by atoms with Crippen molar-refractivity contribution in [3.63, 3.8) is 0 Å². The van der Waals surface area contributed by atoms with E-state index < -0.39 is 94.9 Å². The zero-order chi connectivity index (χ0) is 22.5. The monoisotopic (exact) mass is 1070 g/mol. The second-order valence-electron chi connectivity index (χ2n) is 2.04. The Hall–Kier alpha value is 2.72. The van der Waals surface area contributed by atoms with E-state index in [0.29, 0.717) is 0 Å². The van der Waals surface area contributed by atoms with Gasteiger partial charge < -0.3 is 0 Å². The molecule has 0 heterocycles. The number of hydrogen-bond donors (Lipinski definition) is 0. The van der Waals surface area contributed by atoms with E-state index >= 15 is 0 Å². The Morgan fingerprint density at radius 3 is 0.259 bits per heavy atom. The van der Waals surface area contributed by atoms with Crippen molar-refractivity contribution in [3.05, 3.63) is 0 Å². The van der Waals surface area contributed by atoms with Gasteiger partial charge in [-0.15, -0.1) is 0 Å². The Morgan fingerprint density at radius 2 is 0.259 bits per heavy atom. The average molecular weight is 1060 g/mol. The second-order valence-corrected chi connectivity index (χ2v) is 13.7. The van der Waals surface area contributed by atoms with Gasteiger partial charge >= 0.3 is 161 Å². The van der Waals surface area contributed by atoms with Gasteiger partial charge in [0, 0.05) is 37.1 Å². The Labute approximate surface area is 194 Å². The largest absolute Gasteiger partial charge is 0 e. The third kappa shape index (κ3) is 2780. The van der Waals surface area contributed by atoms with Crippen LogP contribution in [0.4, 0.5) is 0 Å². The number of hydrogen-bond acceptors (Lipinski definition) is 20. The molecule has 0 atom stereocenters. The molecule has 0 aromatic rings. The van der Waals surface area contributed by atoms with Crippen molar-refractivity contribution in [2.24, 2.45) is 0 Å². The maximum atomic E-state index is 8.63. The molecule has 0 rings (SSSR count). The Kier molecular flexibility index (Phi) is 36.2. The summed E-state index contributed by atoms with van der Waals surface area (Å²) in [5.41, 5.74) is 0. The fraction of sp³-hybridized carbons (Fsp3) is 0. The van der Waals surface area contributed by atoms with Gasteiger partial charge in [-0.05, 0) is 0 Å². The summed E-state index contributed by atoms with van der Waals surface area (Å²) < 4.78 is 173. The minimum atomic E-state index is -6.02. The summed E-state index contributed by atoms with van der Waals surface area (Å²) >= 11 is -30.1. The van der Waals surface area contributed by atoms with Crippen LogP contribution in [0.1, 0.15) is 0 Å². The molecule has 2 radical (unpaired) electrons. The molecule has 0 aromatic heterocycles. The zero-order valence-corrected chi connectivity index (χ0v) is 25.5. The molecular formula is O20Te5V2-10. The van der Waals surface area contributed by atoms with Gasteiger partial charge in [0.1, 0.15) is 0 Å². The van der Waals surface area contributed by atoms with Gasteiger partial charge in [-0.25, -0.2) is 0 Å². The van der Waals surface area contributed by atoms with Gasteiger partial charge in [0.2, 0.25) is 0 Å². The van der Waals surface area contributed by atoms with Gasteiger partial charge in [0.15, 0.2) is 0 Å². The average Bonchev–Trinajstić information content (AvgIpc) is 1.79. The molecule has 0 N–H and O–H groups in total.